The van der Waals surface area contributed by atoms with Gasteiger partial charge in [0, 0.05) is 4.47 Å². The average molecular weight is 407 g/mol. The summed E-state index contributed by atoms with van der Waals surface area (Å²) in [7, 11) is -3.83. The number of hydrogen-bond donors (Lipinski definition) is 1. The third-order valence-electron chi connectivity index (χ3n) is 2.75. The molecule has 0 saturated heterocycles. The number of nitrogens with zero attached hydrogens (tertiary/aromatic N) is 1. The lowest BCUT2D eigenvalue weighted by Crippen LogP contribution is -2.18. The summed E-state index contributed by atoms with van der Waals surface area (Å²) in [6, 6.07) is 10.1. The molecule has 0 aliphatic rings. The Morgan fingerprint density at radius 3 is 2.09 bits per heavy atom. The van der Waals surface area contributed by atoms with Crippen molar-refractivity contribution in [2.75, 3.05) is 0 Å². The maximum absolute atomic E-state index is 12.4. The third-order valence-corrected chi connectivity index (χ3v) is 4.52. The number of alkyl halides is 3. The minimum atomic E-state index is -4.42. The minimum absolute atomic E-state index is 0.0188. The van der Waals surface area contributed by atoms with Gasteiger partial charge >= 0.3 is 6.18 Å². The van der Waals surface area contributed by atoms with Gasteiger partial charge in [-0.25, -0.2) is 4.83 Å². The van der Waals surface area contributed by atoms with Gasteiger partial charge < -0.3 is 0 Å². The monoisotopic (exact) mass is 406 g/mol. The summed E-state index contributed by atoms with van der Waals surface area (Å²) in [5.74, 6) is 0. The molecule has 0 aliphatic carbocycles. The zero-order valence-electron chi connectivity index (χ0n) is 11.4. The van der Waals surface area contributed by atoms with Crippen molar-refractivity contribution in [1.29, 1.82) is 0 Å². The maximum Gasteiger partial charge on any atom is 0.416 e. The fourth-order valence-corrected chi connectivity index (χ4v) is 2.65. The van der Waals surface area contributed by atoms with E-state index >= 15 is 0 Å². The van der Waals surface area contributed by atoms with Gasteiger partial charge in [0.15, 0.2) is 0 Å². The van der Waals surface area contributed by atoms with E-state index in [9.17, 15) is 21.6 Å². The fourth-order valence-electron chi connectivity index (χ4n) is 1.59. The van der Waals surface area contributed by atoms with Gasteiger partial charge in [0.2, 0.25) is 0 Å². The summed E-state index contributed by atoms with van der Waals surface area (Å²) in [5.41, 5.74) is -0.457. The van der Waals surface area contributed by atoms with Gasteiger partial charge in [0.05, 0.1) is 16.7 Å². The molecule has 0 heterocycles. The molecule has 0 atom stereocenters. The van der Waals surface area contributed by atoms with Crippen molar-refractivity contribution in [1.82, 2.24) is 4.83 Å². The normalized spacial score (nSPS) is 12.5. The number of rotatable bonds is 4. The van der Waals surface area contributed by atoms with Crippen LogP contribution in [0.2, 0.25) is 0 Å². The van der Waals surface area contributed by atoms with Gasteiger partial charge in [0.25, 0.3) is 10.0 Å². The molecular weight excluding hydrogens is 397 g/mol. The highest BCUT2D eigenvalue weighted by atomic mass is 79.9. The lowest BCUT2D eigenvalue weighted by atomic mass is 10.1. The van der Waals surface area contributed by atoms with Crippen LogP contribution in [0.1, 0.15) is 11.1 Å². The molecule has 9 heteroatoms. The summed E-state index contributed by atoms with van der Waals surface area (Å²) >= 11 is 3.19. The minimum Gasteiger partial charge on any atom is -0.200 e. The first kappa shape index (κ1) is 17.5. The molecular formula is C14H10BrF3N2O2S. The number of sulfonamides is 1. The van der Waals surface area contributed by atoms with E-state index in [2.05, 4.69) is 21.0 Å². The van der Waals surface area contributed by atoms with Crippen molar-refractivity contribution in [2.45, 2.75) is 11.1 Å². The molecule has 1 N–H and O–H groups in total. The smallest absolute Gasteiger partial charge is 0.200 e. The SMILES string of the molecule is O=S(=O)(N/N=C\c1ccc(C(F)(F)F)cc1)c1ccc(Br)cc1. The van der Waals surface area contributed by atoms with E-state index in [0.717, 1.165) is 22.8 Å². The van der Waals surface area contributed by atoms with Crippen LogP contribution in [0.3, 0.4) is 0 Å². The molecule has 0 radical (unpaired) electrons. The van der Waals surface area contributed by atoms with Crippen LogP contribution >= 0.6 is 15.9 Å². The number of nitrogens with one attached hydrogen (secondary N) is 1. The standard InChI is InChI=1S/C14H10BrF3N2O2S/c15-12-5-7-13(8-6-12)23(21,22)20-19-9-10-1-3-11(4-2-10)14(16,17)18/h1-9,20H/b19-9-. The van der Waals surface area contributed by atoms with Crippen LogP contribution < -0.4 is 4.83 Å². The number of hydrogen-bond acceptors (Lipinski definition) is 3. The van der Waals surface area contributed by atoms with Gasteiger partial charge in [-0.1, -0.05) is 28.1 Å². The summed E-state index contributed by atoms with van der Waals surface area (Å²) in [6.45, 7) is 0. The summed E-state index contributed by atoms with van der Waals surface area (Å²) in [6.07, 6.45) is -3.30. The van der Waals surface area contributed by atoms with Crippen LogP contribution in [0.15, 0.2) is 63.0 Å². The van der Waals surface area contributed by atoms with E-state index < -0.39 is 21.8 Å². The summed E-state index contributed by atoms with van der Waals surface area (Å²) < 4.78 is 61.8. The molecule has 2 rings (SSSR count). The number of hydrazone groups is 1. The highest BCUT2D eigenvalue weighted by Gasteiger charge is 2.29. The largest absolute Gasteiger partial charge is 0.416 e. The highest BCUT2D eigenvalue weighted by Crippen LogP contribution is 2.28. The second kappa shape index (κ2) is 6.71. The number of benzene rings is 2. The Morgan fingerprint density at radius 2 is 1.57 bits per heavy atom. The van der Waals surface area contributed by atoms with Crippen LogP contribution in [0.25, 0.3) is 0 Å². The topological polar surface area (TPSA) is 58.5 Å². The fraction of sp³-hybridized carbons (Fsp3) is 0.0714. The predicted molar refractivity (Wildman–Crippen MR) is 83.5 cm³/mol. The molecule has 0 bridgehead atoms. The first-order chi connectivity index (χ1) is 10.7. The van der Waals surface area contributed by atoms with Crippen molar-refractivity contribution in [3.63, 3.8) is 0 Å². The van der Waals surface area contributed by atoms with E-state index in [1.807, 2.05) is 4.83 Å². The van der Waals surface area contributed by atoms with Gasteiger partial charge in [-0.3, -0.25) is 0 Å². The summed E-state index contributed by atoms with van der Waals surface area (Å²) in [5, 5.41) is 3.55. The molecule has 23 heavy (non-hydrogen) atoms. The Balaban J connectivity index is 2.07. The second-order valence-electron chi connectivity index (χ2n) is 4.43. The van der Waals surface area contributed by atoms with Crippen molar-refractivity contribution >= 4 is 32.2 Å². The quantitative estimate of drug-likeness (QED) is 0.620. The molecule has 4 nitrogen and oxygen atoms in total. The molecule has 2 aromatic rings. The molecule has 0 amide bonds. The van der Waals surface area contributed by atoms with Crippen molar-refractivity contribution in [2.24, 2.45) is 5.10 Å². The van der Waals surface area contributed by atoms with Gasteiger partial charge in [-0.15, -0.1) is 0 Å². The van der Waals surface area contributed by atoms with Crippen molar-refractivity contribution in [3.05, 3.63) is 64.1 Å². The second-order valence-corrected chi connectivity index (χ2v) is 7.00. The third kappa shape index (κ3) is 4.80. The summed E-state index contributed by atoms with van der Waals surface area (Å²) in [4.78, 5) is 2.01. The van der Waals surface area contributed by atoms with E-state index in [1.165, 1.54) is 24.3 Å². The Bertz CT molecular complexity index is 801. The molecule has 2 aromatic carbocycles. The van der Waals surface area contributed by atoms with Gasteiger partial charge in [-0.05, 0) is 42.0 Å². The molecule has 0 saturated carbocycles. The van der Waals surface area contributed by atoms with E-state index in [-0.39, 0.29) is 4.90 Å². The van der Waals surface area contributed by atoms with Gasteiger partial charge in [0.1, 0.15) is 0 Å². The number of halogens is 4. The van der Waals surface area contributed by atoms with Crippen molar-refractivity contribution in [3.8, 4) is 0 Å². The Kier molecular flexibility index (Phi) is 5.10. The molecule has 122 valence electrons. The molecule has 0 aliphatic heterocycles. The lowest BCUT2D eigenvalue weighted by Gasteiger charge is -2.06. The Labute approximate surface area is 139 Å². The predicted octanol–water partition coefficient (Wildman–Crippen LogP) is 3.78. The first-order valence-electron chi connectivity index (χ1n) is 6.16. The maximum atomic E-state index is 12.4. The van der Waals surface area contributed by atoms with E-state index in [0.29, 0.717) is 5.56 Å². The Morgan fingerprint density at radius 1 is 1.00 bits per heavy atom. The highest BCUT2D eigenvalue weighted by molar-refractivity contribution is 9.10. The van der Waals surface area contributed by atoms with Crippen molar-refractivity contribution < 1.29 is 21.6 Å². The van der Waals surface area contributed by atoms with Crippen LogP contribution in [-0.4, -0.2) is 14.6 Å². The molecule has 0 unspecified atom stereocenters. The van der Waals surface area contributed by atoms with Crippen LogP contribution in [0.4, 0.5) is 13.2 Å². The molecule has 0 aromatic heterocycles. The Hall–Kier alpha value is -1.87. The lowest BCUT2D eigenvalue weighted by molar-refractivity contribution is -0.137. The zero-order valence-corrected chi connectivity index (χ0v) is 13.8. The van der Waals surface area contributed by atoms with Crippen LogP contribution in [0.5, 0.6) is 0 Å². The van der Waals surface area contributed by atoms with E-state index in [1.54, 1.807) is 12.1 Å². The average Bonchev–Trinajstić information content (AvgIpc) is 2.47. The molecule has 0 fully saturated rings. The van der Waals surface area contributed by atoms with Crippen LogP contribution in [0, 0.1) is 0 Å². The zero-order chi connectivity index (χ0) is 17.1. The van der Waals surface area contributed by atoms with Crippen LogP contribution in [-0.2, 0) is 16.2 Å². The molecule has 0 spiro atoms. The van der Waals surface area contributed by atoms with Gasteiger partial charge in [-0.2, -0.15) is 26.7 Å². The first-order valence-corrected chi connectivity index (χ1v) is 8.44. The van der Waals surface area contributed by atoms with E-state index in [4.69, 9.17) is 0 Å².